The number of rotatable bonds is 2. The standard InChI is InChI=1S/C12H20BF3NO2/c1-11(2,3)19-10(18)17-6-8(7-17)12(4)5-9(12)13(14,15)16/h8-9H,5-7H2,1-4H3/q-1. The highest BCUT2D eigenvalue weighted by atomic mass is 19.4. The minimum Gasteiger partial charge on any atom is -0.449 e. The van der Waals surface area contributed by atoms with Crippen LogP contribution < -0.4 is 0 Å². The van der Waals surface area contributed by atoms with E-state index in [4.69, 9.17) is 4.74 Å². The van der Waals surface area contributed by atoms with Crippen molar-refractivity contribution in [2.24, 2.45) is 11.3 Å². The number of amides is 1. The van der Waals surface area contributed by atoms with Crippen molar-refractivity contribution in [1.82, 2.24) is 4.90 Å². The molecule has 1 aliphatic heterocycles. The molecule has 0 spiro atoms. The van der Waals surface area contributed by atoms with Crippen LogP contribution in [0.2, 0.25) is 5.82 Å². The summed E-state index contributed by atoms with van der Waals surface area (Å²) in [6, 6.07) is 0. The largest absolute Gasteiger partial charge is 0.481 e. The molecule has 1 amide bonds. The minimum atomic E-state index is -4.75. The maximum absolute atomic E-state index is 12.7. The molecule has 2 unspecified atom stereocenters. The molecule has 19 heavy (non-hydrogen) atoms. The van der Waals surface area contributed by atoms with Crippen molar-refractivity contribution in [2.45, 2.75) is 45.5 Å². The molecule has 110 valence electrons. The number of halogens is 3. The van der Waals surface area contributed by atoms with E-state index in [1.165, 1.54) is 4.90 Å². The summed E-state index contributed by atoms with van der Waals surface area (Å²) >= 11 is 0. The van der Waals surface area contributed by atoms with Crippen LogP contribution >= 0.6 is 0 Å². The van der Waals surface area contributed by atoms with Gasteiger partial charge in [-0.25, -0.2) is 4.79 Å². The van der Waals surface area contributed by atoms with Crippen LogP contribution in [0.5, 0.6) is 0 Å². The van der Waals surface area contributed by atoms with Crippen LogP contribution in [0.3, 0.4) is 0 Å². The fraction of sp³-hybridized carbons (Fsp3) is 0.917. The average Bonchev–Trinajstić information content (AvgIpc) is 2.70. The van der Waals surface area contributed by atoms with Crippen molar-refractivity contribution in [3.05, 3.63) is 0 Å². The predicted molar refractivity (Wildman–Crippen MR) is 66.8 cm³/mol. The van der Waals surface area contributed by atoms with Gasteiger partial charge in [0.25, 0.3) is 0 Å². The summed E-state index contributed by atoms with van der Waals surface area (Å²) in [5, 5.41) is 0. The third-order valence-electron chi connectivity index (χ3n) is 4.27. The fourth-order valence-corrected chi connectivity index (χ4v) is 2.82. The maximum atomic E-state index is 12.7. The molecule has 1 saturated carbocycles. The van der Waals surface area contributed by atoms with Gasteiger partial charge >= 0.3 is 13.1 Å². The maximum Gasteiger partial charge on any atom is 0.481 e. The zero-order valence-electron chi connectivity index (χ0n) is 11.8. The molecule has 2 atom stereocenters. The van der Waals surface area contributed by atoms with Gasteiger partial charge in [0.05, 0.1) is 0 Å². The van der Waals surface area contributed by atoms with Crippen LogP contribution in [0.1, 0.15) is 34.1 Å². The van der Waals surface area contributed by atoms with E-state index in [9.17, 15) is 17.7 Å². The number of carbonyl (C=O) groups is 1. The summed E-state index contributed by atoms with van der Waals surface area (Å²) in [5.74, 6) is -1.19. The lowest BCUT2D eigenvalue weighted by atomic mass is 9.72. The highest BCUT2D eigenvalue weighted by molar-refractivity contribution is 6.61. The molecular weight excluding hydrogens is 258 g/mol. The fourth-order valence-electron chi connectivity index (χ4n) is 2.82. The van der Waals surface area contributed by atoms with Crippen molar-refractivity contribution in [2.75, 3.05) is 13.1 Å². The molecule has 1 aliphatic carbocycles. The Morgan fingerprint density at radius 3 is 2.21 bits per heavy atom. The Bertz CT molecular complexity index is 387. The van der Waals surface area contributed by atoms with Gasteiger partial charge in [0, 0.05) is 13.1 Å². The van der Waals surface area contributed by atoms with E-state index in [1.54, 1.807) is 27.7 Å². The summed E-state index contributed by atoms with van der Waals surface area (Å²) in [4.78, 5) is 13.2. The Labute approximate surface area is 111 Å². The quantitative estimate of drug-likeness (QED) is 0.724. The second-order valence-electron chi connectivity index (χ2n) is 7.02. The summed E-state index contributed by atoms with van der Waals surface area (Å²) in [7, 11) is 0. The Kier molecular flexibility index (Phi) is 3.10. The number of carbonyl (C=O) groups excluding carboxylic acids is 1. The first-order valence-electron chi connectivity index (χ1n) is 6.61. The Morgan fingerprint density at radius 1 is 1.32 bits per heavy atom. The van der Waals surface area contributed by atoms with Crippen molar-refractivity contribution in [3.63, 3.8) is 0 Å². The molecule has 0 N–H and O–H groups in total. The van der Waals surface area contributed by atoms with Crippen molar-refractivity contribution in [3.8, 4) is 0 Å². The molecule has 1 heterocycles. The molecule has 2 fully saturated rings. The molecule has 3 nitrogen and oxygen atoms in total. The van der Waals surface area contributed by atoms with E-state index >= 15 is 0 Å². The molecule has 7 heteroatoms. The van der Waals surface area contributed by atoms with Gasteiger partial charge in [-0.15, -0.1) is 0 Å². The zero-order valence-corrected chi connectivity index (χ0v) is 11.8. The Hall–Kier alpha value is -0.875. The predicted octanol–water partition coefficient (Wildman–Crippen LogP) is 3.48. The molecule has 0 bridgehead atoms. The number of likely N-dealkylation sites (tertiary alicyclic amines) is 1. The van der Waals surface area contributed by atoms with Gasteiger partial charge in [-0.1, -0.05) is 19.2 Å². The molecule has 0 aromatic rings. The average molecular weight is 278 g/mol. The highest BCUT2D eigenvalue weighted by Gasteiger charge is 2.64. The lowest BCUT2D eigenvalue weighted by Crippen LogP contribution is -2.54. The van der Waals surface area contributed by atoms with Crippen LogP contribution in [-0.4, -0.2) is 36.7 Å². The van der Waals surface area contributed by atoms with E-state index in [0.29, 0.717) is 13.1 Å². The summed E-state index contributed by atoms with van der Waals surface area (Å²) in [6.45, 7) is 3.01. The molecule has 2 rings (SSSR count). The van der Waals surface area contributed by atoms with Crippen LogP contribution in [0.15, 0.2) is 0 Å². The number of ether oxygens (including phenoxy) is 1. The van der Waals surface area contributed by atoms with Crippen molar-refractivity contribution in [1.29, 1.82) is 0 Å². The van der Waals surface area contributed by atoms with Gasteiger partial charge in [0.15, 0.2) is 0 Å². The van der Waals surface area contributed by atoms with E-state index in [2.05, 4.69) is 0 Å². The Balaban J connectivity index is 1.83. The Morgan fingerprint density at radius 2 is 1.84 bits per heavy atom. The van der Waals surface area contributed by atoms with Gasteiger partial charge in [0.1, 0.15) is 5.60 Å². The monoisotopic (exact) mass is 278 g/mol. The topological polar surface area (TPSA) is 29.5 Å². The number of nitrogens with zero attached hydrogens (tertiary/aromatic N) is 1. The second kappa shape index (κ2) is 4.06. The van der Waals surface area contributed by atoms with E-state index < -0.39 is 29.9 Å². The second-order valence-corrected chi connectivity index (χ2v) is 7.02. The molecule has 0 radical (unpaired) electrons. The van der Waals surface area contributed by atoms with Gasteiger partial charge in [-0.2, -0.15) is 0 Å². The highest BCUT2D eigenvalue weighted by Crippen LogP contribution is 2.68. The van der Waals surface area contributed by atoms with Crippen LogP contribution in [-0.2, 0) is 4.74 Å². The number of hydrogen-bond donors (Lipinski definition) is 0. The van der Waals surface area contributed by atoms with Gasteiger partial charge in [0.2, 0.25) is 0 Å². The molecule has 1 saturated heterocycles. The molecule has 2 aliphatic rings. The smallest absolute Gasteiger partial charge is 0.449 e. The first-order valence-corrected chi connectivity index (χ1v) is 6.61. The van der Waals surface area contributed by atoms with Crippen LogP contribution in [0, 0.1) is 11.3 Å². The van der Waals surface area contributed by atoms with E-state index in [1.807, 2.05) is 0 Å². The molecule has 0 aromatic heterocycles. The first kappa shape index (κ1) is 14.5. The summed E-state index contributed by atoms with van der Waals surface area (Å²) in [6.07, 6.45) is -0.217. The normalized spacial score (nSPS) is 31.9. The first-order chi connectivity index (χ1) is 8.43. The van der Waals surface area contributed by atoms with Crippen molar-refractivity contribution < 1.29 is 22.5 Å². The molecular formula is C12H20BF3NO2-. The lowest BCUT2D eigenvalue weighted by molar-refractivity contribution is -0.0124. The van der Waals surface area contributed by atoms with Gasteiger partial charge < -0.3 is 22.6 Å². The summed E-state index contributed by atoms with van der Waals surface area (Å²) < 4.78 is 43.3. The van der Waals surface area contributed by atoms with Gasteiger partial charge in [-0.05, 0) is 32.1 Å². The third kappa shape index (κ3) is 2.84. The van der Waals surface area contributed by atoms with Crippen LogP contribution in [0.25, 0.3) is 0 Å². The zero-order chi connectivity index (χ0) is 14.6. The van der Waals surface area contributed by atoms with E-state index in [0.717, 1.165) is 0 Å². The van der Waals surface area contributed by atoms with E-state index in [-0.39, 0.29) is 12.3 Å². The number of hydrogen-bond acceptors (Lipinski definition) is 2. The SMILES string of the molecule is CC(C)(C)OC(=O)N1CC(C2(C)CC2[B-](F)(F)F)C1. The summed E-state index contributed by atoms with van der Waals surface area (Å²) in [5.41, 5.74) is -1.22. The van der Waals surface area contributed by atoms with Crippen molar-refractivity contribution >= 4 is 13.1 Å². The third-order valence-corrected chi connectivity index (χ3v) is 4.27. The van der Waals surface area contributed by atoms with Crippen LogP contribution in [0.4, 0.5) is 17.7 Å². The molecule has 0 aromatic carbocycles. The lowest BCUT2D eigenvalue weighted by Gasteiger charge is -2.44. The van der Waals surface area contributed by atoms with Gasteiger partial charge in [-0.3, -0.25) is 0 Å². The minimum absolute atomic E-state index is 0.0477.